The number of nitrogens with one attached hydrogen (secondary N) is 1. The largest absolute Gasteiger partial charge is 0.324 e. The van der Waals surface area contributed by atoms with Crippen molar-refractivity contribution in [3.05, 3.63) is 41.7 Å². The van der Waals surface area contributed by atoms with Gasteiger partial charge < -0.3 is 5.32 Å². The molecule has 0 aliphatic rings. The minimum absolute atomic E-state index is 0.103. The zero-order valence-electron chi connectivity index (χ0n) is 14.4. The minimum atomic E-state index is -0.103. The second-order valence-electron chi connectivity index (χ2n) is 5.56. The quantitative estimate of drug-likeness (QED) is 0.579. The molecule has 1 aromatic heterocycles. The lowest BCUT2D eigenvalue weighted by molar-refractivity contribution is -0.113. The van der Waals surface area contributed by atoms with E-state index in [2.05, 4.69) is 21.4 Å². The Morgan fingerprint density at radius 3 is 2.64 bits per heavy atom. The lowest BCUT2D eigenvalue weighted by Crippen LogP contribution is -2.15. The second-order valence-corrected chi connectivity index (χ2v) is 7.98. The normalized spacial score (nSPS) is 11.6. The van der Waals surface area contributed by atoms with Crippen LogP contribution in [0, 0.1) is 25.2 Å². The average Bonchev–Trinajstić information content (AvgIpc) is 2.54. The van der Waals surface area contributed by atoms with Gasteiger partial charge in [-0.15, -0.1) is 11.8 Å². The minimum Gasteiger partial charge on any atom is -0.324 e. The van der Waals surface area contributed by atoms with Crippen LogP contribution in [0.1, 0.15) is 24.7 Å². The number of benzene rings is 1. The van der Waals surface area contributed by atoms with Gasteiger partial charge in [0.05, 0.1) is 17.5 Å². The summed E-state index contributed by atoms with van der Waals surface area (Å²) in [5, 5.41) is 12.5. The molecule has 5 nitrogen and oxygen atoms in total. The Hall–Kier alpha value is -2.04. The first-order valence-electron chi connectivity index (χ1n) is 7.85. The SMILES string of the molecule is Cc1cc(C)nc(SCC(=O)Nc2ccccc2SC(C)CC#N)n1. The number of carbonyl (C=O) groups is 1. The van der Waals surface area contributed by atoms with Crippen molar-refractivity contribution in [3.63, 3.8) is 0 Å². The number of hydrogen-bond donors (Lipinski definition) is 1. The maximum atomic E-state index is 12.3. The van der Waals surface area contributed by atoms with Crippen molar-refractivity contribution in [2.24, 2.45) is 0 Å². The average molecular weight is 373 g/mol. The molecule has 130 valence electrons. The smallest absolute Gasteiger partial charge is 0.234 e. The number of hydrogen-bond acceptors (Lipinski definition) is 6. The topological polar surface area (TPSA) is 78.7 Å². The van der Waals surface area contributed by atoms with Crippen LogP contribution in [-0.4, -0.2) is 26.9 Å². The van der Waals surface area contributed by atoms with E-state index in [9.17, 15) is 4.79 Å². The van der Waals surface area contributed by atoms with Gasteiger partial charge in [-0.25, -0.2) is 9.97 Å². The summed E-state index contributed by atoms with van der Waals surface area (Å²) < 4.78 is 0. The summed E-state index contributed by atoms with van der Waals surface area (Å²) in [5.74, 6) is 0.143. The van der Waals surface area contributed by atoms with E-state index >= 15 is 0 Å². The molecule has 0 saturated carbocycles. The highest BCUT2D eigenvalue weighted by Crippen LogP contribution is 2.31. The van der Waals surface area contributed by atoms with Gasteiger partial charge in [0.2, 0.25) is 5.91 Å². The van der Waals surface area contributed by atoms with Crippen LogP contribution in [-0.2, 0) is 4.79 Å². The molecule has 1 unspecified atom stereocenters. The fourth-order valence-electron chi connectivity index (χ4n) is 2.13. The highest BCUT2D eigenvalue weighted by Gasteiger charge is 2.11. The molecule has 1 heterocycles. The van der Waals surface area contributed by atoms with Crippen LogP contribution >= 0.6 is 23.5 Å². The summed E-state index contributed by atoms with van der Waals surface area (Å²) in [7, 11) is 0. The van der Waals surface area contributed by atoms with E-state index in [0.29, 0.717) is 11.6 Å². The number of thioether (sulfide) groups is 2. The Labute approximate surface area is 156 Å². The molecule has 2 aromatic rings. The Kier molecular flexibility index (Phi) is 7.29. The van der Waals surface area contributed by atoms with Crippen LogP contribution in [0.15, 0.2) is 40.4 Å². The van der Waals surface area contributed by atoms with Crippen LogP contribution in [0.2, 0.25) is 0 Å². The molecule has 0 aliphatic carbocycles. The first-order valence-corrected chi connectivity index (χ1v) is 9.72. The third kappa shape index (κ3) is 6.40. The molecule has 25 heavy (non-hydrogen) atoms. The summed E-state index contributed by atoms with van der Waals surface area (Å²) >= 11 is 2.91. The highest BCUT2D eigenvalue weighted by atomic mass is 32.2. The van der Waals surface area contributed by atoms with Gasteiger partial charge in [-0.3, -0.25) is 4.79 Å². The molecule has 0 saturated heterocycles. The number of nitrogens with zero attached hydrogens (tertiary/aromatic N) is 3. The molecule has 0 radical (unpaired) electrons. The highest BCUT2D eigenvalue weighted by molar-refractivity contribution is 8.00. The van der Waals surface area contributed by atoms with Crippen molar-refractivity contribution in [2.75, 3.05) is 11.1 Å². The van der Waals surface area contributed by atoms with Gasteiger partial charge in [0, 0.05) is 28.0 Å². The number of aromatic nitrogens is 2. The molecule has 0 aliphatic heterocycles. The van der Waals surface area contributed by atoms with Crippen molar-refractivity contribution in [2.45, 2.75) is 42.5 Å². The fraction of sp³-hybridized carbons (Fsp3) is 0.333. The van der Waals surface area contributed by atoms with E-state index in [0.717, 1.165) is 22.0 Å². The fourth-order valence-corrected chi connectivity index (χ4v) is 3.88. The van der Waals surface area contributed by atoms with Crippen molar-refractivity contribution < 1.29 is 4.79 Å². The van der Waals surface area contributed by atoms with Crippen molar-refractivity contribution in [3.8, 4) is 6.07 Å². The molecule has 0 spiro atoms. The molecule has 0 fully saturated rings. The summed E-state index contributed by atoms with van der Waals surface area (Å²) in [4.78, 5) is 21.9. The molecule has 1 N–H and O–H groups in total. The maximum absolute atomic E-state index is 12.3. The standard InChI is InChI=1S/C18H20N4OS2/c1-12-10-13(2)21-18(20-12)24-11-17(23)22-15-6-4-5-7-16(15)25-14(3)8-9-19/h4-7,10,14H,8,11H2,1-3H3,(H,22,23). The maximum Gasteiger partial charge on any atom is 0.234 e. The van der Waals surface area contributed by atoms with E-state index in [1.165, 1.54) is 11.8 Å². The Bertz CT molecular complexity index is 769. The zero-order valence-corrected chi connectivity index (χ0v) is 16.1. The number of rotatable bonds is 7. The summed E-state index contributed by atoms with van der Waals surface area (Å²) in [6, 6.07) is 11.7. The van der Waals surface area contributed by atoms with E-state index in [1.54, 1.807) is 11.8 Å². The third-order valence-electron chi connectivity index (χ3n) is 3.16. The first-order chi connectivity index (χ1) is 12.0. The molecular formula is C18H20N4OS2. The number of carbonyl (C=O) groups excluding carboxylic acids is 1. The Balaban J connectivity index is 1.97. The molecule has 1 atom stereocenters. The van der Waals surface area contributed by atoms with E-state index in [4.69, 9.17) is 5.26 Å². The monoisotopic (exact) mass is 372 g/mol. The van der Waals surface area contributed by atoms with E-state index < -0.39 is 0 Å². The van der Waals surface area contributed by atoms with Gasteiger partial charge in [-0.2, -0.15) is 5.26 Å². The predicted molar refractivity (Wildman–Crippen MR) is 103 cm³/mol. The molecule has 2 rings (SSSR count). The number of aryl methyl sites for hydroxylation is 2. The van der Waals surface area contributed by atoms with Crippen LogP contribution < -0.4 is 5.32 Å². The number of amides is 1. The third-order valence-corrected chi connectivity index (χ3v) is 5.19. The molecule has 7 heteroatoms. The molecule has 1 aromatic carbocycles. The van der Waals surface area contributed by atoms with Gasteiger partial charge in [-0.1, -0.05) is 30.8 Å². The number of nitriles is 1. The molecule has 0 bridgehead atoms. The van der Waals surface area contributed by atoms with Crippen molar-refractivity contribution in [1.82, 2.24) is 9.97 Å². The van der Waals surface area contributed by atoms with E-state index in [-0.39, 0.29) is 16.9 Å². The van der Waals surface area contributed by atoms with Gasteiger partial charge in [-0.05, 0) is 32.0 Å². The Morgan fingerprint density at radius 2 is 1.96 bits per heavy atom. The van der Waals surface area contributed by atoms with Gasteiger partial charge in [0.15, 0.2) is 5.16 Å². The van der Waals surface area contributed by atoms with Gasteiger partial charge >= 0.3 is 0 Å². The van der Waals surface area contributed by atoms with Crippen LogP contribution in [0.3, 0.4) is 0 Å². The molecular weight excluding hydrogens is 352 g/mol. The van der Waals surface area contributed by atoms with Crippen LogP contribution in [0.4, 0.5) is 5.69 Å². The number of anilines is 1. The van der Waals surface area contributed by atoms with Crippen LogP contribution in [0.5, 0.6) is 0 Å². The van der Waals surface area contributed by atoms with Crippen LogP contribution in [0.25, 0.3) is 0 Å². The Morgan fingerprint density at radius 1 is 1.28 bits per heavy atom. The van der Waals surface area contributed by atoms with Gasteiger partial charge in [0.1, 0.15) is 0 Å². The second kappa shape index (κ2) is 9.44. The lowest BCUT2D eigenvalue weighted by atomic mass is 10.3. The predicted octanol–water partition coefficient (Wildman–Crippen LogP) is 4.22. The van der Waals surface area contributed by atoms with Gasteiger partial charge in [0.25, 0.3) is 0 Å². The van der Waals surface area contributed by atoms with Crippen molar-refractivity contribution >= 4 is 35.1 Å². The lowest BCUT2D eigenvalue weighted by Gasteiger charge is -2.13. The summed E-state index contributed by atoms with van der Waals surface area (Å²) in [6.07, 6.45) is 0.465. The van der Waals surface area contributed by atoms with Crippen molar-refractivity contribution in [1.29, 1.82) is 5.26 Å². The summed E-state index contributed by atoms with van der Waals surface area (Å²) in [5.41, 5.74) is 2.55. The summed E-state index contributed by atoms with van der Waals surface area (Å²) in [6.45, 7) is 5.82. The molecule has 1 amide bonds. The zero-order chi connectivity index (χ0) is 18.2. The van der Waals surface area contributed by atoms with E-state index in [1.807, 2.05) is 51.1 Å². The number of para-hydroxylation sites is 1. The first kappa shape index (κ1) is 19.3.